The van der Waals surface area contributed by atoms with Gasteiger partial charge in [-0.2, -0.15) is 0 Å². The van der Waals surface area contributed by atoms with Gasteiger partial charge in [0.25, 0.3) is 5.95 Å². The molecule has 7 aliphatic rings. The molecular weight excluding hydrogens is 1480 g/mol. The monoisotopic (exact) mass is 1560 g/mol. The van der Waals surface area contributed by atoms with Crippen LogP contribution in [0, 0.1) is 11.8 Å². The number of phenolic OH excluding ortho intramolecular Hbond substituents is 3. The number of carboxylic acids is 1. The number of thioether (sulfide) groups is 1. The third-order valence-corrected chi connectivity index (χ3v) is 20.3. The van der Waals surface area contributed by atoms with E-state index in [1.165, 1.54) is 26.0 Å². The molecular formula is C68H78Cl2N14O23S. The Kier molecular flexibility index (Phi) is 23.4. The number of hydrogen-bond donors (Lipinski definition) is 20. The van der Waals surface area contributed by atoms with Crippen LogP contribution in [0.1, 0.15) is 112 Å². The normalized spacial score (nSPS) is 28.3. The molecule has 11 bridgehead atoms. The Labute approximate surface area is 627 Å². The number of nitrogen functional groups attached to an aromatic ring is 2. The first-order valence-corrected chi connectivity index (χ1v) is 35.2. The number of aromatic hydroxyl groups is 3. The molecule has 10 unspecified atom stereocenters. The number of anilines is 1. The van der Waals surface area contributed by atoms with E-state index in [2.05, 4.69) is 47.5 Å². The zero-order chi connectivity index (χ0) is 78.4. The molecule has 7 amide bonds. The van der Waals surface area contributed by atoms with Crippen LogP contribution >= 0.6 is 35.0 Å². The van der Waals surface area contributed by atoms with Gasteiger partial charge in [0.1, 0.15) is 83.4 Å². The van der Waals surface area contributed by atoms with E-state index in [1.54, 1.807) is 6.92 Å². The SMILES string of the molecule is CC(C)C[C@H](C)C(=O)N[C@H]1C(=O)N[C@@H](CC(N)=O)C(=O)N[C@H]2C(=O)NC3C(=O)N[C@H](C(=O)N[C@@H](C(=O)O)c4cc(O)cc(O)c4-c4cc3ccc4O)[C@H](O)c3ccc(c(Cl)c3)Oc3cc2cc(c3OC2OC(CSc3nnc(NN)n3N)C(O)C(O)C2OC2CC(C)(N)C(O)C(C)O2)Oc2ccc(cc2Cl)[C@H]1O. The van der Waals surface area contributed by atoms with Gasteiger partial charge in [-0.05, 0) is 103 Å². The van der Waals surface area contributed by atoms with Crippen molar-refractivity contribution < 1.29 is 113 Å². The highest BCUT2D eigenvalue weighted by Crippen LogP contribution is 2.50. The van der Waals surface area contributed by atoms with Crippen LogP contribution < -0.4 is 74.7 Å². The summed E-state index contributed by atoms with van der Waals surface area (Å²) >= 11 is 15.1. The van der Waals surface area contributed by atoms with Crippen LogP contribution in [0.4, 0.5) is 5.95 Å². The van der Waals surface area contributed by atoms with E-state index in [0.717, 1.165) is 83.2 Å². The Hall–Kier alpha value is -10.1. The molecule has 6 aromatic rings. The van der Waals surface area contributed by atoms with E-state index in [4.69, 9.17) is 74.8 Å². The van der Waals surface area contributed by atoms with Gasteiger partial charge in [-0.25, -0.2) is 15.3 Å². The molecule has 37 nitrogen and oxygen atoms in total. The summed E-state index contributed by atoms with van der Waals surface area (Å²) in [6.07, 6.45) is -18.4. The molecule has 2 saturated heterocycles. The molecule has 578 valence electrons. The summed E-state index contributed by atoms with van der Waals surface area (Å²) in [7, 11) is 0. The van der Waals surface area contributed by atoms with Gasteiger partial charge in [0, 0.05) is 46.4 Å². The van der Waals surface area contributed by atoms with Crippen LogP contribution in [0.15, 0.2) is 84.0 Å². The molecule has 0 saturated carbocycles. The molecule has 0 radical (unpaired) electrons. The molecule has 108 heavy (non-hydrogen) atoms. The molecule has 2 fully saturated rings. The fraction of sp³-hybridized carbons (Fsp3) is 0.412. The second-order valence-electron chi connectivity index (χ2n) is 27.2. The average molecular weight is 1560 g/mol. The number of carbonyl (C=O) groups excluding carboxylic acids is 7. The number of halogens is 2. The highest BCUT2D eigenvalue weighted by molar-refractivity contribution is 7.99. The Balaban J connectivity index is 1.16. The van der Waals surface area contributed by atoms with Gasteiger partial charge in [0.2, 0.25) is 58.5 Å². The number of nitrogens with one attached hydrogen (secondary N) is 7. The second kappa shape index (κ2) is 32.0. The van der Waals surface area contributed by atoms with Gasteiger partial charge < -0.3 is 124 Å². The van der Waals surface area contributed by atoms with Crippen LogP contribution in [-0.4, -0.2) is 187 Å². The summed E-state index contributed by atoms with van der Waals surface area (Å²) in [4.78, 5) is 117. The first kappa shape index (κ1) is 79.0. The van der Waals surface area contributed by atoms with Crippen molar-refractivity contribution in [3.05, 3.63) is 117 Å². The minimum absolute atomic E-state index is 0.0114. The van der Waals surface area contributed by atoms with Crippen molar-refractivity contribution in [2.24, 2.45) is 29.1 Å². The van der Waals surface area contributed by atoms with Gasteiger partial charge >= 0.3 is 5.97 Å². The number of phenols is 3. The number of nitrogens with two attached hydrogens (primary N) is 4. The molecule has 5 aromatic carbocycles. The number of carbonyl (C=O) groups is 8. The van der Waals surface area contributed by atoms with Crippen molar-refractivity contribution in [1.29, 1.82) is 0 Å². The lowest BCUT2D eigenvalue weighted by atomic mass is 9.86. The van der Waals surface area contributed by atoms with Crippen LogP contribution in [0.3, 0.4) is 0 Å². The molecule has 24 N–H and O–H groups in total. The van der Waals surface area contributed by atoms with E-state index < -0.39 is 230 Å². The number of carboxylic acid groups (broad SMARTS) is 1. The first-order chi connectivity index (χ1) is 51.0. The zero-order valence-electron chi connectivity index (χ0n) is 57.8. The number of hydrogen-bond acceptors (Lipinski definition) is 29. The summed E-state index contributed by atoms with van der Waals surface area (Å²) in [6, 6.07) is 0.389. The number of aliphatic hydroxyl groups is 5. The minimum atomic E-state index is -2.36. The fourth-order valence-corrected chi connectivity index (χ4v) is 14.5. The largest absolute Gasteiger partial charge is 0.508 e. The van der Waals surface area contributed by atoms with Crippen molar-refractivity contribution in [3.63, 3.8) is 0 Å². The van der Waals surface area contributed by atoms with Crippen molar-refractivity contribution in [2.75, 3.05) is 17.0 Å². The summed E-state index contributed by atoms with van der Waals surface area (Å²) in [5.41, 5.74) is 10.4. The van der Waals surface area contributed by atoms with Crippen molar-refractivity contribution in [1.82, 2.24) is 46.8 Å². The third-order valence-electron chi connectivity index (χ3n) is 18.7. The maximum absolute atomic E-state index is 16.2. The van der Waals surface area contributed by atoms with Gasteiger partial charge in [0.15, 0.2) is 29.9 Å². The van der Waals surface area contributed by atoms with E-state index in [1.807, 2.05) is 13.8 Å². The van der Waals surface area contributed by atoms with E-state index >= 15 is 14.4 Å². The zero-order valence-corrected chi connectivity index (χ0v) is 60.1. The number of rotatable bonds is 15. The number of aromatic nitrogens is 3. The van der Waals surface area contributed by atoms with Crippen molar-refractivity contribution >= 4 is 88.2 Å². The van der Waals surface area contributed by atoms with Gasteiger partial charge in [0.05, 0.1) is 34.8 Å². The predicted molar refractivity (Wildman–Crippen MR) is 377 cm³/mol. The molecule has 1 aromatic heterocycles. The average Bonchev–Trinajstić information content (AvgIpc) is 0.850. The predicted octanol–water partition coefficient (Wildman–Crippen LogP) is 0.545. The number of aliphatic carboxylic acids is 1. The standard InChI is InChI=1S/C68H78Cl2N14O23S/c1-23(2)12-24(3)58(94)79-49-51(89)27-7-10-38(33(69)14-27)103-40-16-29-17-41(55(40)107-65-56(106-44-21-68(5,72)57(93)25(4)102-44)54(92)53(91)42(105-65)22-108-67-83-82-66(81-73)84(67)74)104-39-11-8-28(15-34(39)70)52(90)50-63(99)78-48(64(100)101)32-18-30(85)19-37(87)45(32)31-13-26(6-9-36(31)86)46(60(96)80-50)77-61(97)47(29)76-59(95)35(20-43(71)88)75-62(49)98/h6-11,13-19,23-25,35,42,44,46-54,56-57,65,85-87,89-93H,12,20-22,72-74H2,1-5H3,(H2,71,88)(H,75,98)(H,76,95)(H,77,97)(H,78,99)(H,79,94)(H,80,96)(H,81,82)(H,100,101)/t24-,25?,35-,42?,44?,46?,47+,48+,49+,50-,51+,52+,53?,54?,56?,57?,65?,68?/m0/s1. The van der Waals surface area contributed by atoms with E-state index in [0.29, 0.717) is 0 Å². The third kappa shape index (κ3) is 16.6. The number of fused-ring (bicyclic) bond motifs is 15. The Bertz CT molecular complexity index is 4520. The van der Waals surface area contributed by atoms with Crippen LogP contribution in [-0.2, 0) is 52.6 Å². The van der Waals surface area contributed by atoms with Gasteiger partial charge in [-0.3, -0.25) is 39.0 Å². The lowest BCUT2D eigenvalue weighted by Crippen LogP contribution is -2.64. The molecule has 40 heteroatoms. The summed E-state index contributed by atoms with van der Waals surface area (Å²) < 4.78 is 40.4. The molecule has 0 aliphatic carbocycles. The fourth-order valence-electron chi connectivity index (χ4n) is 13.1. The minimum Gasteiger partial charge on any atom is -0.508 e. The topological polar surface area (TPSA) is 593 Å². The summed E-state index contributed by atoms with van der Waals surface area (Å²) in [5, 5.41) is 127. The number of amides is 7. The van der Waals surface area contributed by atoms with Crippen LogP contribution in [0.2, 0.25) is 10.0 Å². The maximum Gasteiger partial charge on any atom is 0.330 e. The Morgan fingerprint density at radius 1 is 0.741 bits per heavy atom. The lowest BCUT2D eigenvalue weighted by Gasteiger charge is -2.47. The molecule has 0 spiro atoms. The lowest BCUT2D eigenvalue weighted by molar-refractivity contribution is -0.329. The molecule has 13 rings (SSSR count). The summed E-state index contributed by atoms with van der Waals surface area (Å²) in [5.74, 6) is -5.30. The van der Waals surface area contributed by atoms with Crippen molar-refractivity contribution in [2.45, 2.75) is 162 Å². The summed E-state index contributed by atoms with van der Waals surface area (Å²) in [6.45, 7) is 8.25. The quantitative estimate of drug-likeness (QED) is 0.0379. The number of hydrazine groups is 1. The van der Waals surface area contributed by atoms with Crippen molar-refractivity contribution in [3.8, 4) is 57.1 Å². The second-order valence-corrected chi connectivity index (χ2v) is 29.0. The van der Waals surface area contributed by atoms with Gasteiger partial charge in [-0.15, -0.1) is 10.2 Å². The number of ether oxygens (including phenoxy) is 6. The van der Waals surface area contributed by atoms with E-state index in [9.17, 15) is 69.9 Å². The van der Waals surface area contributed by atoms with Crippen LogP contribution in [0.5, 0.6) is 46.0 Å². The molecule has 8 heterocycles. The molecule has 18 atom stereocenters. The Morgan fingerprint density at radius 3 is 1.96 bits per heavy atom. The number of primary amides is 1. The first-order valence-electron chi connectivity index (χ1n) is 33.5. The number of nitrogens with zero attached hydrogens (tertiary/aromatic N) is 3. The Morgan fingerprint density at radius 2 is 1.36 bits per heavy atom. The number of benzene rings is 5. The van der Waals surface area contributed by atoms with Gasteiger partial charge in [-0.1, -0.05) is 73.9 Å². The number of aliphatic hydroxyl groups excluding tert-OH is 5. The smallest absolute Gasteiger partial charge is 0.330 e. The maximum atomic E-state index is 16.2. The van der Waals surface area contributed by atoms with Crippen LogP contribution in [0.25, 0.3) is 11.1 Å². The highest BCUT2D eigenvalue weighted by Gasteiger charge is 2.52. The van der Waals surface area contributed by atoms with E-state index in [-0.39, 0.29) is 63.1 Å². The highest BCUT2D eigenvalue weighted by atomic mass is 35.5. The molecule has 7 aliphatic heterocycles.